The Morgan fingerprint density at radius 2 is 2.24 bits per heavy atom. The maximum atomic E-state index is 14.1. The van der Waals surface area contributed by atoms with Crippen LogP contribution in [0.2, 0.25) is 0 Å². The Bertz CT molecular complexity index is 423. The van der Waals surface area contributed by atoms with E-state index in [0.717, 1.165) is 0 Å². The smallest absolute Gasteiger partial charge is 0.298 e. The Kier molecular flexibility index (Phi) is 3.24. The number of carbonyl (C=O) groups excluding carboxylic acids is 1. The van der Waals surface area contributed by atoms with Gasteiger partial charge in [0.05, 0.1) is 0 Å². The molecule has 1 aromatic carbocycles. The van der Waals surface area contributed by atoms with E-state index in [9.17, 15) is 13.6 Å². The Hall–Kier alpha value is -1.29. The molecule has 92 valence electrons. The third kappa shape index (κ3) is 2.36. The average molecular weight is 240 g/mol. The minimum Gasteiger partial charge on any atom is -0.372 e. The van der Waals surface area contributed by atoms with E-state index in [1.807, 2.05) is 0 Å². The summed E-state index contributed by atoms with van der Waals surface area (Å²) in [6.07, 6.45) is -0.0473. The third-order valence-corrected chi connectivity index (χ3v) is 2.99. The number of ketones is 1. The van der Waals surface area contributed by atoms with E-state index in [2.05, 4.69) is 0 Å². The molecule has 1 aromatic rings. The van der Waals surface area contributed by atoms with Gasteiger partial charge in [-0.2, -0.15) is 8.78 Å². The van der Waals surface area contributed by atoms with Crippen LogP contribution in [0.5, 0.6) is 0 Å². The summed E-state index contributed by atoms with van der Waals surface area (Å²) in [5.41, 5.74) is 0.164. The molecule has 0 spiro atoms. The van der Waals surface area contributed by atoms with Crippen LogP contribution in [-0.2, 0) is 10.7 Å². The molecule has 1 fully saturated rings. The Balaban J connectivity index is 2.31. The molecule has 2 rings (SSSR count). The molecule has 0 aliphatic carbocycles. The second-order valence-electron chi connectivity index (χ2n) is 4.26. The number of halogens is 2. The number of alkyl halides is 2. The minimum atomic E-state index is -3.03. The summed E-state index contributed by atoms with van der Waals surface area (Å²) in [6.45, 7) is 1.75. The normalized spacial score (nSPS) is 20.5. The molecule has 0 N–H and O–H groups in total. The molecule has 4 heteroatoms. The highest BCUT2D eigenvalue weighted by atomic mass is 19.3. The van der Waals surface area contributed by atoms with Crippen molar-refractivity contribution in [1.82, 2.24) is 0 Å². The number of hydrogen-bond donors (Lipinski definition) is 0. The second kappa shape index (κ2) is 4.53. The van der Waals surface area contributed by atoms with E-state index in [0.29, 0.717) is 25.0 Å². The summed E-state index contributed by atoms with van der Waals surface area (Å²) in [6, 6.07) is 5.62. The number of hydrogen-bond acceptors (Lipinski definition) is 2. The number of Topliss-reactive ketones (excluding diaryl/α,β-unsaturated/α-hetero) is 1. The largest absolute Gasteiger partial charge is 0.372 e. The van der Waals surface area contributed by atoms with Crippen LogP contribution < -0.4 is 0 Å². The van der Waals surface area contributed by atoms with E-state index in [-0.39, 0.29) is 11.3 Å². The summed E-state index contributed by atoms with van der Waals surface area (Å²) < 4.78 is 33.2. The zero-order valence-corrected chi connectivity index (χ0v) is 9.58. The van der Waals surface area contributed by atoms with Gasteiger partial charge < -0.3 is 4.74 Å². The van der Waals surface area contributed by atoms with E-state index < -0.39 is 12.0 Å². The Morgan fingerprint density at radius 3 is 2.82 bits per heavy atom. The lowest BCUT2D eigenvalue weighted by Crippen LogP contribution is -2.30. The van der Waals surface area contributed by atoms with Crippen LogP contribution in [0.15, 0.2) is 24.3 Å². The molecular formula is C13H14F2O2. The molecule has 1 aliphatic heterocycles. The fourth-order valence-electron chi connectivity index (χ4n) is 2.00. The van der Waals surface area contributed by atoms with Gasteiger partial charge in [0.25, 0.3) is 5.92 Å². The van der Waals surface area contributed by atoms with Crippen LogP contribution >= 0.6 is 0 Å². The van der Waals surface area contributed by atoms with Crippen LogP contribution in [0, 0.1) is 0 Å². The standard InChI is InChI=1S/C13H14F2O2/c1-9(16)10-4-2-5-11(8-10)13(14,15)12-6-3-7-17-12/h2,4-5,8,12H,3,6-7H2,1H3. The fourth-order valence-corrected chi connectivity index (χ4v) is 2.00. The van der Waals surface area contributed by atoms with Crippen LogP contribution in [0.4, 0.5) is 8.78 Å². The van der Waals surface area contributed by atoms with E-state index in [4.69, 9.17) is 4.74 Å². The lowest BCUT2D eigenvalue weighted by atomic mass is 9.98. The summed E-state index contributed by atoms with van der Waals surface area (Å²) in [7, 11) is 0. The third-order valence-electron chi connectivity index (χ3n) is 2.99. The molecule has 0 amide bonds. The summed E-state index contributed by atoms with van der Waals surface area (Å²) in [4.78, 5) is 11.2. The van der Waals surface area contributed by atoms with Crippen molar-refractivity contribution >= 4 is 5.78 Å². The molecule has 1 saturated heterocycles. The number of ether oxygens (including phenoxy) is 1. The molecule has 0 radical (unpaired) electrons. The zero-order valence-electron chi connectivity index (χ0n) is 9.58. The molecule has 2 nitrogen and oxygen atoms in total. The molecule has 17 heavy (non-hydrogen) atoms. The molecule has 0 bridgehead atoms. The van der Waals surface area contributed by atoms with E-state index >= 15 is 0 Å². The van der Waals surface area contributed by atoms with Crippen molar-refractivity contribution in [3.8, 4) is 0 Å². The van der Waals surface area contributed by atoms with Gasteiger partial charge in [0, 0.05) is 17.7 Å². The first-order chi connectivity index (χ1) is 8.01. The number of rotatable bonds is 3. The molecule has 1 unspecified atom stereocenters. The van der Waals surface area contributed by atoms with Crippen molar-refractivity contribution in [2.45, 2.75) is 31.8 Å². The van der Waals surface area contributed by atoms with Gasteiger partial charge in [-0.15, -0.1) is 0 Å². The van der Waals surface area contributed by atoms with Crippen LogP contribution in [-0.4, -0.2) is 18.5 Å². The highest BCUT2D eigenvalue weighted by Crippen LogP contribution is 2.38. The molecule has 1 atom stereocenters. The van der Waals surface area contributed by atoms with Gasteiger partial charge >= 0.3 is 0 Å². The SMILES string of the molecule is CC(=O)c1cccc(C(F)(F)C2CCCO2)c1. The predicted octanol–water partition coefficient (Wildman–Crippen LogP) is 3.16. The van der Waals surface area contributed by atoms with Crippen molar-refractivity contribution in [1.29, 1.82) is 0 Å². The first-order valence-electron chi connectivity index (χ1n) is 5.62. The zero-order chi connectivity index (χ0) is 12.5. The number of benzene rings is 1. The van der Waals surface area contributed by atoms with Crippen molar-refractivity contribution in [2.75, 3.05) is 6.61 Å². The van der Waals surface area contributed by atoms with Crippen molar-refractivity contribution < 1.29 is 18.3 Å². The molecule has 0 saturated carbocycles. The predicted molar refractivity (Wildman–Crippen MR) is 59.3 cm³/mol. The van der Waals surface area contributed by atoms with E-state index in [1.165, 1.54) is 31.2 Å². The van der Waals surface area contributed by atoms with Crippen LogP contribution in [0.25, 0.3) is 0 Å². The molecule has 0 aromatic heterocycles. The van der Waals surface area contributed by atoms with Gasteiger partial charge in [0.2, 0.25) is 0 Å². The first kappa shape index (κ1) is 12.2. The Morgan fingerprint density at radius 1 is 1.47 bits per heavy atom. The average Bonchev–Trinajstić information content (AvgIpc) is 2.83. The lowest BCUT2D eigenvalue weighted by molar-refractivity contribution is -0.122. The van der Waals surface area contributed by atoms with E-state index in [1.54, 1.807) is 0 Å². The lowest BCUT2D eigenvalue weighted by Gasteiger charge is -2.23. The number of carbonyl (C=O) groups is 1. The molecule has 1 aliphatic rings. The minimum absolute atomic E-state index is 0.142. The monoisotopic (exact) mass is 240 g/mol. The van der Waals surface area contributed by atoms with Gasteiger partial charge in [-0.1, -0.05) is 18.2 Å². The maximum Gasteiger partial charge on any atom is 0.298 e. The molecular weight excluding hydrogens is 226 g/mol. The van der Waals surface area contributed by atoms with Crippen LogP contribution in [0.1, 0.15) is 35.7 Å². The Labute approximate surface area is 98.6 Å². The van der Waals surface area contributed by atoms with Gasteiger partial charge in [-0.05, 0) is 25.8 Å². The highest BCUT2D eigenvalue weighted by molar-refractivity contribution is 5.94. The van der Waals surface area contributed by atoms with Gasteiger partial charge in [-0.25, -0.2) is 0 Å². The van der Waals surface area contributed by atoms with Crippen molar-refractivity contribution in [2.24, 2.45) is 0 Å². The summed E-state index contributed by atoms with van der Waals surface area (Å²) >= 11 is 0. The van der Waals surface area contributed by atoms with Crippen LogP contribution in [0.3, 0.4) is 0 Å². The maximum absolute atomic E-state index is 14.1. The van der Waals surface area contributed by atoms with Gasteiger partial charge in [0.15, 0.2) is 5.78 Å². The van der Waals surface area contributed by atoms with Gasteiger partial charge in [-0.3, -0.25) is 4.79 Å². The quantitative estimate of drug-likeness (QED) is 0.758. The van der Waals surface area contributed by atoms with Crippen molar-refractivity contribution in [3.05, 3.63) is 35.4 Å². The van der Waals surface area contributed by atoms with Gasteiger partial charge in [0.1, 0.15) is 6.10 Å². The highest BCUT2D eigenvalue weighted by Gasteiger charge is 2.44. The first-order valence-corrected chi connectivity index (χ1v) is 5.62. The molecule has 1 heterocycles. The van der Waals surface area contributed by atoms with Crippen molar-refractivity contribution in [3.63, 3.8) is 0 Å². The summed E-state index contributed by atoms with van der Waals surface area (Å²) in [5, 5.41) is 0. The topological polar surface area (TPSA) is 26.3 Å². The summed E-state index contributed by atoms with van der Waals surface area (Å²) in [5.74, 6) is -3.24. The second-order valence-corrected chi connectivity index (χ2v) is 4.26. The fraction of sp³-hybridized carbons (Fsp3) is 0.462.